The molecule has 9 heteroatoms. The maximum absolute atomic E-state index is 13.0. The van der Waals surface area contributed by atoms with Crippen LogP contribution in [-0.4, -0.2) is 25.1 Å². The number of hydrogen-bond acceptors (Lipinski definition) is 5. The third-order valence-corrected chi connectivity index (χ3v) is 6.13. The molecule has 0 fully saturated rings. The summed E-state index contributed by atoms with van der Waals surface area (Å²) in [5.41, 5.74) is 1.58. The van der Waals surface area contributed by atoms with Gasteiger partial charge in [0.2, 0.25) is 11.7 Å². The number of thiophene rings is 1. The van der Waals surface area contributed by atoms with Crippen LogP contribution in [0, 0.1) is 5.82 Å². The molecule has 0 radical (unpaired) electrons. The summed E-state index contributed by atoms with van der Waals surface area (Å²) in [6, 6.07) is 7.93. The summed E-state index contributed by atoms with van der Waals surface area (Å²) >= 11 is 1.41. The van der Waals surface area contributed by atoms with Crippen molar-refractivity contribution in [1.82, 2.24) is 24.5 Å². The van der Waals surface area contributed by atoms with E-state index in [0.717, 1.165) is 30.3 Å². The molecular weight excluding hydrogens is 417 g/mol. The van der Waals surface area contributed by atoms with Crippen molar-refractivity contribution in [1.29, 1.82) is 0 Å². The summed E-state index contributed by atoms with van der Waals surface area (Å²) in [6.45, 7) is 3.06. The number of hydrogen-bond donors (Lipinski definition) is 1. The molecule has 0 aliphatic carbocycles. The quantitative estimate of drug-likeness (QED) is 0.402. The van der Waals surface area contributed by atoms with E-state index in [0.29, 0.717) is 35.8 Å². The van der Waals surface area contributed by atoms with Gasteiger partial charge in [-0.2, -0.15) is 0 Å². The first-order valence-electron chi connectivity index (χ1n) is 10.4. The second kappa shape index (κ2) is 9.38. The second-order valence-electron chi connectivity index (χ2n) is 7.45. The fourth-order valence-electron chi connectivity index (χ4n) is 3.58. The van der Waals surface area contributed by atoms with E-state index in [-0.39, 0.29) is 23.7 Å². The molecule has 31 heavy (non-hydrogen) atoms. The highest BCUT2D eigenvalue weighted by Crippen LogP contribution is 2.20. The lowest BCUT2D eigenvalue weighted by molar-refractivity contribution is -0.121. The van der Waals surface area contributed by atoms with Gasteiger partial charge in [0.15, 0.2) is 0 Å². The molecule has 162 valence electrons. The molecule has 0 saturated carbocycles. The SMILES string of the molecule is CCCCCn1c(=O)c2sccc2n2c(CCC(=O)NCc3ccc(F)cc3)nnc12. The van der Waals surface area contributed by atoms with Gasteiger partial charge in [-0.05, 0) is 35.6 Å². The zero-order chi connectivity index (χ0) is 21.8. The topological polar surface area (TPSA) is 81.3 Å². The number of nitrogens with one attached hydrogen (secondary N) is 1. The van der Waals surface area contributed by atoms with Gasteiger partial charge < -0.3 is 5.32 Å². The minimum atomic E-state index is -0.304. The van der Waals surface area contributed by atoms with Crippen LogP contribution in [0.2, 0.25) is 0 Å². The molecule has 1 amide bonds. The van der Waals surface area contributed by atoms with E-state index in [9.17, 15) is 14.0 Å². The average molecular weight is 442 g/mol. The molecule has 0 aliphatic rings. The lowest BCUT2D eigenvalue weighted by atomic mass is 10.2. The molecule has 1 N–H and O–H groups in total. The van der Waals surface area contributed by atoms with Gasteiger partial charge in [-0.15, -0.1) is 21.5 Å². The Morgan fingerprint density at radius 1 is 1.16 bits per heavy atom. The van der Waals surface area contributed by atoms with Gasteiger partial charge in [0.05, 0.1) is 5.52 Å². The van der Waals surface area contributed by atoms with Crippen LogP contribution in [0.4, 0.5) is 4.39 Å². The number of fused-ring (bicyclic) bond motifs is 3. The summed E-state index contributed by atoms with van der Waals surface area (Å²) in [7, 11) is 0. The Hall–Kier alpha value is -3.07. The van der Waals surface area contributed by atoms with Gasteiger partial charge in [-0.1, -0.05) is 31.9 Å². The number of aryl methyl sites for hydroxylation is 2. The van der Waals surface area contributed by atoms with Crippen molar-refractivity contribution in [2.45, 2.75) is 52.1 Å². The van der Waals surface area contributed by atoms with E-state index >= 15 is 0 Å². The lowest BCUT2D eigenvalue weighted by Crippen LogP contribution is -2.24. The Balaban J connectivity index is 1.52. The molecule has 1 aromatic carbocycles. The minimum Gasteiger partial charge on any atom is -0.352 e. The molecule has 0 atom stereocenters. The normalized spacial score (nSPS) is 11.4. The number of benzene rings is 1. The molecule has 7 nitrogen and oxygen atoms in total. The number of carbonyl (C=O) groups is 1. The Kier molecular flexibility index (Phi) is 6.41. The van der Waals surface area contributed by atoms with Crippen LogP contribution in [-0.2, 0) is 24.3 Å². The number of nitrogens with zero attached hydrogens (tertiary/aromatic N) is 4. The fourth-order valence-corrected chi connectivity index (χ4v) is 4.40. The summed E-state index contributed by atoms with van der Waals surface area (Å²) in [6.07, 6.45) is 3.64. The molecule has 0 aliphatic heterocycles. The Morgan fingerprint density at radius 3 is 2.74 bits per heavy atom. The first kappa shape index (κ1) is 21.2. The van der Waals surface area contributed by atoms with Crippen molar-refractivity contribution in [2.24, 2.45) is 0 Å². The van der Waals surface area contributed by atoms with E-state index in [1.807, 2.05) is 15.8 Å². The van der Waals surface area contributed by atoms with Gasteiger partial charge in [0.1, 0.15) is 16.3 Å². The first-order valence-corrected chi connectivity index (χ1v) is 11.3. The maximum Gasteiger partial charge on any atom is 0.272 e. The fraction of sp³-hybridized carbons (Fsp3) is 0.364. The molecule has 0 saturated heterocycles. The van der Waals surface area contributed by atoms with Crippen LogP contribution in [0.1, 0.15) is 44.0 Å². The van der Waals surface area contributed by atoms with E-state index in [2.05, 4.69) is 22.4 Å². The molecule has 3 aromatic heterocycles. The number of rotatable bonds is 9. The van der Waals surface area contributed by atoms with Gasteiger partial charge in [0.25, 0.3) is 5.56 Å². The summed E-state index contributed by atoms with van der Waals surface area (Å²) < 4.78 is 17.3. The average Bonchev–Trinajstić information content (AvgIpc) is 3.41. The molecule has 4 aromatic rings. The summed E-state index contributed by atoms with van der Waals surface area (Å²) in [4.78, 5) is 25.2. The van der Waals surface area contributed by atoms with Crippen LogP contribution in [0.25, 0.3) is 16.0 Å². The standard InChI is InChI=1S/C22H24FN5O2S/c1-2-3-4-12-27-21(30)20-17(11-13-31-20)28-18(25-26-22(27)28)9-10-19(29)24-14-15-5-7-16(23)8-6-15/h5-8,11,13H,2-4,9-10,12,14H2,1H3,(H,24,29). The van der Waals surface area contributed by atoms with Gasteiger partial charge in [-0.3, -0.25) is 18.6 Å². The van der Waals surface area contributed by atoms with Crippen molar-refractivity contribution < 1.29 is 9.18 Å². The van der Waals surface area contributed by atoms with Crippen LogP contribution in [0.3, 0.4) is 0 Å². The van der Waals surface area contributed by atoms with Gasteiger partial charge >= 0.3 is 0 Å². The number of halogens is 1. The number of aromatic nitrogens is 4. The van der Waals surface area contributed by atoms with Crippen molar-refractivity contribution in [3.8, 4) is 0 Å². The zero-order valence-electron chi connectivity index (χ0n) is 17.3. The molecule has 4 rings (SSSR count). The van der Waals surface area contributed by atoms with E-state index in [1.165, 1.54) is 23.5 Å². The third-order valence-electron chi connectivity index (χ3n) is 5.24. The van der Waals surface area contributed by atoms with E-state index < -0.39 is 0 Å². The highest BCUT2D eigenvalue weighted by atomic mass is 32.1. The monoisotopic (exact) mass is 441 g/mol. The van der Waals surface area contributed by atoms with Crippen LogP contribution < -0.4 is 10.9 Å². The van der Waals surface area contributed by atoms with Gasteiger partial charge in [-0.25, -0.2) is 4.39 Å². The van der Waals surface area contributed by atoms with E-state index in [1.54, 1.807) is 16.7 Å². The van der Waals surface area contributed by atoms with Crippen molar-refractivity contribution >= 4 is 33.2 Å². The lowest BCUT2D eigenvalue weighted by Gasteiger charge is -2.09. The summed E-state index contributed by atoms with van der Waals surface area (Å²) in [5, 5.41) is 13.3. The molecular formula is C22H24FN5O2S. The predicted molar refractivity (Wildman–Crippen MR) is 119 cm³/mol. The first-order chi connectivity index (χ1) is 15.1. The zero-order valence-corrected chi connectivity index (χ0v) is 18.1. The highest BCUT2D eigenvalue weighted by Gasteiger charge is 2.17. The number of carbonyl (C=O) groups excluding carboxylic acids is 1. The third kappa shape index (κ3) is 4.51. The van der Waals surface area contributed by atoms with Crippen LogP contribution in [0.5, 0.6) is 0 Å². The maximum atomic E-state index is 13.0. The Labute approximate surface area is 182 Å². The largest absolute Gasteiger partial charge is 0.352 e. The molecule has 0 bridgehead atoms. The number of unbranched alkanes of at least 4 members (excludes halogenated alkanes) is 2. The Bertz CT molecular complexity index is 1260. The smallest absolute Gasteiger partial charge is 0.272 e. The van der Waals surface area contributed by atoms with E-state index in [4.69, 9.17) is 0 Å². The highest BCUT2D eigenvalue weighted by molar-refractivity contribution is 7.17. The van der Waals surface area contributed by atoms with Crippen molar-refractivity contribution in [3.63, 3.8) is 0 Å². The molecule has 3 heterocycles. The Morgan fingerprint density at radius 2 is 1.97 bits per heavy atom. The van der Waals surface area contributed by atoms with Crippen molar-refractivity contribution in [3.05, 3.63) is 63.3 Å². The molecule has 0 spiro atoms. The van der Waals surface area contributed by atoms with Crippen molar-refractivity contribution in [2.75, 3.05) is 0 Å². The van der Waals surface area contributed by atoms with Crippen LogP contribution >= 0.6 is 11.3 Å². The van der Waals surface area contributed by atoms with Crippen LogP contribution in [0.15, 0.2) is 40.5 Å². The summed E-state index contributed by atoms with van der Waals surface area (Å²) in [5.74, 6) is 0.744. The molecule has 0 unspecified atom stereocenters. The second-order valence-corrected chi connectivity index (χ2v) is 8.37. The predicted octanol–water partition coefficient (Wildman–Crippen LogP) is 3.68. The minimum absolute atomic E-state index is 0.0374. The van der Waals surface area contributed by atoms with Gasteiger partial charge in [0, 0.05) is 25.9 Å². The number of amides is 1.